The van der Waals surface area contributed by atoms with Crippen LogP contribution in [0.3, 0.4) is 0 Å². The number of anilines is 1. The van der Waals surface area contributed by atoms with Gasteiger partial charge in [-0.25, -0.2) is 0 Å². The van der Waals surface area contributed by atoms with Crippen molar-refractivity contribution in [3.8, 4) is 0 Å². The molecule has 0 spiro atoms. The molecule has 122 valence electrons. The SMILES string of the molecule is CN(C)c1ccc(C=N[C@H]2[C@H](O)[C@@H](O)[C@H](CO)O[C@@H]2O)cc1. The smallest absolute Gasteiger partial charge is 0.180 e. The lowest BCUT2D eigenvalue weighted by molar-refractivity contribution is -0.248. The van der Waals surface area contributed by atoms with Gasteiger partial charge in [-0.3, -0.25) is 4.99 Å². The molecule has 5 atom stereocenters. The summed E-state index contributed by atoms with van der Waals surface area (Å²) >= 11 is 0. The molecule has 4 N–H and O–H groups in total. The van der Waals surface area contributed by atoms with E-state index in [-0.39, 0.29) is 0 Å². The number of nitrogens with zero attached hydrogens (tertiary/aromatic N) is 2. The molecule has 1 aromatic carbocycles. The van der Waals surface area contributed by atoms with E-state index in [2.05, 4.69) is 4.99 Å². The fourth-order valence-electron chi connectivity index (χ4n) is 2.27. The van der Waals surface area contributed by atoms with Crippen LogP contribution in [0.4, 0.5) is 5.69 Å². The highest BCUT2D eigenvalue weighted by Crippen LogP contribution is 2.22. The van der Waals surface area contributed by atoms with Gasteiger partial charge in [0.05, 0.1) is 6.61 Å². The molecule has 1 aromatic rings. The second-order valence-corrected chi connectivity index (χ2v) is 5.48. The van der Waals surface area contributed by atoms with Crippen molar-refractivity contribution in [2.75, 3.05) is 25.6 Å². The number of hydrogen-bond donors (Lipinski definition) is 4. The van der Waals surface area contributed by atoms with Gasteiger partial charge >= 0.3 is 0 Å². The molecule has 1 saturated heterocycles. The Balaban J connectivity index is 2.08. The summed E-state index contributed by atoms with van der Waals surface area (Å²) in [4.78, 5) is 6.07. The number of rotatable bonds is 4. The molecule has 0 aromatic heterocycles. The fourth-order valence-corrected chi connectivity index (χ4v) is 2.27. The van der Waals surface area contributed by atoms with E-state index in [1.165, 1.54) is 6.21 Å². The molecule has 7 heteroatoms. The van der Waals surface area contributed by atoms with Crippen LogP contribution in [-0.2, 0) is 4.74 Å². The summed E-state index contributed by atoms with van der Waals surface area (Å²) in [5, 5.41) is 38.6. The van der Waals surface area contributed by atoms with Crippen LogP contribution in [-0.4, -0.2) is 78.0 Å². The summed E-state index contributed by atoms with van der Waals surface area (Å²) in [6.45, 7) is -0.488. The maximum Gasteiger partial charge on any atom is 0.180 e. The lowest BCUT2D eigenvalue weighted by Crippen LogP contribution is -2.57. The summed E-state index contributed by atoms with van der Waals surface area (Å²) in [6, 6.07) is 6.54. The van der Waals surface area contributed by atoms with Gasteiger partial charge in [-0.2, -0.15) is 0 Å². The average Bonchev–Trinajstić information content (AvgIpc) is 2.51. The summed E-state index contributed by atoms with van der Waals surface area (Å²) in [7, 11) is 3.88. The fraction of sp³-hybridized carbons (Fsp3) is 0.533. The lowest BCUT2D eigenvalue weighted by atomic mass is 9.97. The van der Waals surface area contributed by atoms with E-state index in [1.807, 2.05) is 43.3 Å². The Labute approximate surface area is 129 Å². The van der Waals surface area contributed by atoms with Gasteiger partial charge in [0.15, 0.2) is 6.29 Å². The number of benzene rings is 1. The molecular weight excluding hydrogens is 288 g/mol. The van der Waals surface area contributed by atoms with Crippen molar-refractivity contribution in [3.05, 3.63) is 29.8 Å². The summed E-state index contributed by atoms with van der Waals surface area (Å²) in [6.07, 6.45) is -3.50. The third-order valence-corrected chi connectivity index (χ3v) is 3.67. The number of hydrogen-bond acceptors (Lipinski definition) is 7. The molecule has 0 aliphatic carbocycles. The lowest BCUT2D eigenvalue weighted by Gasteiger charge is -2.38. The highest BCUT2D eigenvalue weighted by atomic mass is 16.6. The first-order valence-electron chi connectivity index (χ1n) is 7.05. The van der Waals surface area contributed by atoms with Crippen LogP contribution in [0.5, 0.6) is 0 Å². The van der Waals surface area contributed by atoms with Gasteiger partial charge in [0.25, 0.3) is 0 Å². The Kier molecular flexibility index (Phi) is 5.49. The first-order chi connectivity index (χ1) is 10.4. The van der Waals surface area contributed by atoms with E-state index >= 15 is 0 Å². The van der Waals surface area contributed by atoms with Crippen LogP contribution in [0.1, 0.15) is 5.56 Å². The zero-order valence-corrected chi connectivity index (χ0v) is 12.6. The molecule has 0 bridgehead atoms. The third-order valence-electron chi connectivity index (χ3n) is 3.67. The number of aliphatic hydroxyl groups is 4. The molecule has 1 aliphatic heterocycles. The van der Waals surface area contributed by atoms with E-state index in [4.69, 9.17) is 9.84 Å². The Morgan fingerprint density at radius 1 is 1.14 bits per heavy atom. The predicted octanol–water partition coefficient (Wildman–Crippen LogP) is -1.03. The van der Waals surface area contributed by atoms with Gasteiger partial charge in [-0.15, -0.1) is 0 Å². The molecule has 7 nitrogen and oxygen atoms in total. The van der Waals surface area contributed by atoms with Crippen molar-refractivity contribution >= 4 is 11.9 Å². The van der Waals surface area contributed by atoms with Gasteiger partial charge in [0.2, 0.25) is 0 Å². The summed E-state index contributed by atoms with van der Waals surface area (Å²) < 4.78 is 5.04. The molecular formula is C15H22N2O5. The van der Waals surface area contributed by atoms with Crippen LogP contribution >= 0.6 is 0 Å². The first-order valence-corrected chi connectivity index (χ1v) is 7.05. The highest BCUT2D eigenvalue weighted by molar-refractivity contribution is 5.80. The van der Waals surface area contributed by atoms with Gasteiger partial charge in [-0.1, -0.05) is 12.1 Å². The molecule has 0 radical (unpaired) electrons. The van der Waals surface area contributed by atoms with Gasteiger partial charge in [-0.05, 0) is 17.7 Å². The zero-order chi connectivity index (χ0) is 16.3. The second kappa shape index (κ2) is 7.17. The van der Waals surface area contributed by atoms with E-state index in [1.54, 1.807) is 0 Å². The molecule has 1 aliphatic rings. The standard InChI is InChI=1S/C15H22N2O5/c1-17(2)10-5-3-9(4-6-10)7-16-12-14(20)13(19)11(8-18)22-15(12)21/h3-7,11-15,18-21H,8H2,1-2H3/t11-,12-,13-,14-,15-/m0/s1. The normalized spacial score (nSPS) is 32.4. The largest absolute Gasteiger partial charge is 0.394 e. The minimum absolute atomic E-state index is 0.488. The first kappa shape index (κ1) is 16.9. The van der Waals surface area contributed by atoms with Crippen LogP contribution in [0.2, 0.25) is 0 Å². The van der Waals surface area contributed by atoms with Crippen LogP contribution in [0, 0.1) is 0 Å². The maximum atomic E-state index is 9.98. The minimum atomic E-state index is -1.38. The average molecular weight is 310 g/mol. The van der Waals surface area contributed by atoms with Gasteiger partial charge in [0, 0.05) is 26.0 Å². The van der Waals surface area contributed by atoms with Crippen LogP contribution in [0.25, 0.3) is 0 Å². The number of ether oxygens (including phenoxy) is 1. The highest BCUT2D eigenvalue weighted by Gasteiger charge is 2.43. The predicted molar refractivity (Wildman–Crippen MR) is 82.1 cm³/mol. The molecule has 1 heterocycles. The monoisotopic (exact) mass is 310 g/mol. The van der Waals surface area contributed by atoms with Crippen molar-refractivity contribution in [3.63, 3.8) is 0 Å². The summed E-state index contributed by atoms with van der Waals surface area (Å²) in [5.74, 6) is 0. The molecule has 0 unspecified atom stereocenters. The quantitative estimate of drug-likeness (QED) is 0.530. The van der Waals surface area contributed by atoms with Crippen molar-refractivity contribution in [1.82, 2.24) is 0 Å². The number of aliphatic hydroxyl groups excluding tert-OH is 4. The van der Waals surface area contributed by atoms with E-state index in [0.29, 0.717) is 0 Å². The van der Waals surface area contributed by atoms with Gasteiger partial charge in [0.1, 0.15) is 24.4 Å². The zero-order valence-electron chi connectivity index (χ0n) is 12.6. The Morgan fingerprint density at radius 3 is 2.32 bits per heavy atom. The molecule has 0 saturated carbocycles. The Hall–Kier alpha value is -1.51. The van der Waals surface area contributed by atoms with Crippen molar-refractivity contribution in [1.29, 1.82) is 0 Å². The van der Waals surface area contributed by atoms with E-state index in [9.17, 15) is 15.3 Å². The Bertz CT molecular complexity index is 505. The topological polar surface area (TPSA) is 106 Å². The minimum Gasteiger partial charge on any atom is -0.394 e. The van der Waals surface area contributed by atoms with Gasteiger partial charge < -0.3 is 30.1 Å². The van der Waals surface area contributed by atoms with Crippen LogP contribution in [0.15, 0.2) is 29.3 Å². The van der Waals surface area contributed by atoms with Crippen molar-refractivity contribution in [2.24, 2.45) is 4.99 Å². The second-order valence-electron chi connectivity index (χ2n) is 5.48. The Morgan fingerprint density at radius 2 is 1.77 bits per heavy atom. The molecule has 22 heavy (non-hydrogen) atoms. The maximum absolute atomic E-state index is 9.98. The van der Waals surface area contributed by atoms with Crippen molar-refractivity contribution < 1.29 is 25.2 Å². The molecule has 0 amide bonds. The molecule has 2 rings (SSSR count). The molecule has 1 fully saturated rings. The summed E-state index contributed by atoms with van der Waals surface area (Å²) in [5.41, 5.74) is 1.84. The van der Waals surface area contributed by atoms with Crippen molar-refractivity contribution in [2.45, 2.75) is 30.6 Å². The van der Waals surface area contributed by atoms with E-state index in [0.717, 1.165) is 11.3 Å². The van der Waals surface area contributed by atoms with E-state index < -0.39 is 37.3 Å². The number of aliphatic imine (C=N–C) groups is 1. The van der Waals surface area contributed by atoms with Crippen LogP contribution < -0.4 is 4.90 Å². The third kappa shape index (κ3) is 3.63.